The lowest BCUT2D eigenvalue weighted by Gasteiger charge is -2.23. The number of aliphatic carboxylic acids is 1. The van der Waals surface area contributed by atoms with Crippen LogP contribution in [0.4, 0.5) is 0 Å². The van der Waals surface area contributed by atoms with Crippen molar-refractivity contribution in [3.63, 3.8) is 0 Å². The molecule has 2 rings (SSSR count). The number of benzene rings is 1. The number of hydrogen-bond donors (Lipinski definition) is 3. The second-order valence-corrected chi connectivity index (χ2v) is 6.38. The Kier molecular flexibility index (Phi) is 6.21. The van der Waals surface area contributed by atoms with Gasteiger partial charge in [-0.15, -0.1) is 0 Å². The molecule has 0 aliphatic heterocycles. The van der Waals surface area contributed by atoms with Crippen molar-refractivity contribution in [2.24, 2.45) is 5.92 Å². The number of carboxylic acid groups (broad SMARTS) is 1. The monoisotopic (exact) mass is 358 g/mol. The Morgan fingerprint density at radius 3 is 2.35 bits per heavy atom. The van der Waals surface area contributed by atoms with Crippen LogP contribution in [0, 0.1) is 5.92 Å². The quantitative estimate of drug-likeness (QED) is 0.676. The summed E-state index contributed by atoms with van der Waals surface area (Å²) in [6.07, 6.45) is 1.49. The fourth-order valence-corrected chi connectivity index (χ4v) is 2.52. The van der Waals surface area contributed by atoms with Crippen LogP contribution in [0.15, 0.2) is 30.5 Å². The molecule has 0 spiro atoms. The fraction of sp³-hybridized carbons (Fsp3) is 0.389. The van der Waals surface area contributed by atoms with Crippen LogP contribution in [0.2, 0.25) is 0 Å². The van der Waals surface area contributed by atoms with Gasteiger partial charge in [0, 0.05) is 19.5 Å². The van der Waals surface area contributed by atoms with Crippen LogP contribution in [-0.2, 0) is 20.8 Å². The molecule has 0 aliphatic carbocycles. The van der Waals surface area contributed by atoms with E-state index >= 15 is 0 Å². The highest BCUT2D eigenvalue weighted by Gasteiger charge is 2.28. The van der Waals surface area contributed by atoms with E-state index in [2.05, 4.69) is 20.6 Å². The van der Waals surface area contributed by atoms with E-state index in [0.29, 0.717) is 16.7 Å². The number of nitrogens with one attached hydrogen (secondary N) is 2. The predicted octanol–water partition coefficient (Wildman–Crippen LogP) is 0.902. The number of amides is 2. The van der Waals surface area contributed by atoms with Crippen molar-refractivity contribution in [1.82, 2.24) is 20.6 Å². The van der Waals surface area contributed by atoms with Gasteiger partial charge < -0.3 is 15.7 Å². The number of aromatic nitrogens is 2. The number of carbonyl (C=O) groups is 3. The van der Waals surface area contributed by atoms with Gasteiger partial charge in [0.1, 0.15) is 12.1 Å². The zero-order chi connectivity index (χ0) is 19.3. The van der Waals surface area contributed by atoms with Crippen molar-refractivity contribution in [3.8, 4) is 0 Å². The molecule has 138 valence electrons. The van der Waals surface area contributed by atoms with Crippen molar-refractivity contribution in [3.05, 3.63) is 36.2 Å². The van der Waals surface area contributed by atoms with E-state index in [-0.39, 0.29) is 18.2 Å². The number of fused-ring (bicyclic) bond motifs is 1. The van der Waals surface area contributed by atoms with Gasteiger partial charge in [0.25, 0.3) is 0 Å². The molecule has 1 aromatic heterocycles. The van der Waals surface area contributed by atoms with E-state index in [1.807, 2.05) is 18.2 Å². The van der Waals surface area contributed by atoms with Gasteiger partial charge in [-0.25, -0.2) is 9.78 Å². The van der Waals surface area contributed by atoms with Crippen molar-refractivity contribution < 1.29 is 19.5 Å². The third-order valence-corrected chi connectivity index (χ3v) is 3.83. The molecule has 0 aliphatic rings. The standard InChI is InChI=1S/C18H22N4O4/c1-10(2)16(20-11(3)23)17(24)22-15(18(25)26)8-12-9-19-13-6-4-5-7-14(13)21-12/h4-7,9-10,15-16H,8H2,1-3H3,(H,20,23)(H,22,24)(H,25,26)/t15-,16+/m0/s1. The van der Waals surface area contributed by atoms with Gasteiger partial charge in [-0.05, 0) is 18.1 Å². The molecule has 0 fully saturated rings. The van der Waals surface area contributed by atoms with Crippen LogP contribution in [0.1, 0.15) is 26.5 Å². The summed E-state index contributed by atoms with van der Waals surface area (Å²) in [6, 6.07) is 5.27. The first kappa shape index (κ1) is 19.3. The highest BCUT2D eigenvalue weighted by atomic mass is 16.4. The van der Waals surface area contributed by atoms with Gasteiger partial charge in [-0.3, -0.25) is 14.6 Å². The molecule has 26 heavy (non-hydrogen) atoms. The topological polar surface area (TPSA) is 121 Å². The molecule has 8 heteroatoms. The van der Waals surface area contributed by atoms with Crippen LogP contribution in [-0.4, -0.2) is 44.9 Å². The Hall–Kier alpha value is -3.03. The molecular formula is C18H22N4O4. The molecule has 0 saturated carbocycles. The SMILES string of the molecule is CC(=O)N[C@@H](C(=O)N[C@@H](Cc1cnc2ccccc2n1)C(=O)O)C(C)C. The summed E-state index contributed by atoms with van der Waals surface area (Å²) < 4.78 is 0. The van der Waals surface area contributed by atoms with Crippen LogP contribution >= 0.6 is 0 Å². The summed E-state index contributed by atoms with van der Waals surface area (Å²) in [5.41, 5.74) is 1.81. The molecule has 1 aromatic carbocycles. The van der Waals surface area contributed by atoms with Gasteiger partial charge in [-0.1, -0.05) is 26.0 Å². The minimum atomic E-state index is -1.18. The van der Waals surface area contributed by atoms with Gasteiger partial charge in [-0.2, -0.15) is 0 Å². The average molecular weight is 358 g/mol. The van der Waals surface area contributed by atoms with E-state index in [9.17, 15) is 19.5 Å². The molecule has 0 saturated heterocycles. The minimum absolute atomic E-state index is 0.0101. The summed E-state index contributed by atoms with van der Waals surface area (Å²) in [7, 11) is 0. The van der Waals surface area contributed by atoms with Crippen LogP contribution in [0.3, 0.4) is 0 Å². The number of carboxylic acids is 1. The van der Waals surface area contributed by atoms with Crippen LogP contribution in [0.25, 0.3) is 11.0 Å². The average Bonchev–Trinajstić information content (AvgIpc) is 2.58. The summed E-state index contributed by atoms with van der Waals surface area (Å²) >= 11 is 0. The van der Waals surface area contributed by atoms with Crippen LogP contribution < -0.4 is 10.6 Å². The third kappa shape index (κ3) is 4.98. The van der Waals surface area contributed by atoms with Gasteiger partial charge in [0.2, 0.25) is 11.8 Å². The van der Waals surface area contributed by atoms with Gasteiger partial charge in [0.05, 0.1) is 16.7 Å². The Morgan fingerprint density at radius 2 is 1.77 bits per heavy atom. The molecule has 2 atom stereocenters. The molecular weight excluding hydrogens is 336 g/mol. The lowest BCUT2D eigenvalue weighted by atomic mass is 10.0. The highest BCUT2D eigenvalue weighted by molar-refractivity contribution is 5.90. The fourth-order valence-electron chi connectivity index (χ4n) is 2.52. The third-order valence-electron chi connectivity index (χ3n) is 3.83. The number of para-hydroxylation sites is 2. The smallest absolute Gasteiger partial charge is 0.326 e. The Labute approximate surface area is 151 Å². The predicted molar refractivity (Wildman–Crippen MR) is 95.3 cm³/mol. The lowest BCUT2D eigenvalue weighted by molar-refractivity contribution is -0.142. The van der Waals surface area contributed by atoms with E-state index in [1.165, 1.54) is 13.1 Å². The van der Waals surface area contributed by atoms with Crippen molar-refractivity contribution in [1.29, 1.82) is 0 Å². The summed E-state index contributed by atoms with van der Waals surface area (Å²) in [5, 5.41) is 14.5. The Balaban J connectivity index is 2.15. The second-order valence-electron chi connectivity index (χ2n) is 6.38. The summed E-state index contributed by atoms with van der Waals surface area (Å²) in [4.78, 5) is 43.9. The highest BCUT2D eigenvalue weighted by Crippen LogP contribution is 2.10. The van der Waals surface area contributed by atoms with Crippen LogP contribution in [0.5, 0.6) is 0 Å². The Bertz CT molecular complexity index is 822. The normalized spacial score (nSPS) is 13.2. The maximum absolute atomic E-state index is 12.4. The largest absolute Gasteiger partial charge is 0.480 e. The second kappa shape index (κ2) is 8.37. The molecule has 0 radical (unpaired) electrons. The zero-order valence-corrected chi connectivity index (χ0v) is 14.9. The van der Waals surface area contributed by atoms with Crippen molar-refractivity contribution in [2.75, 3.05) is 0 Å². The van der Waals surface area contributed by atoms with Crippen molar-refractivity contribution in [2.45, 2.75) is 39.3 Å². The molecule has 3 N–H and O–H groups in total. The zero-order valence-electron chi connectivity index (χ0n) is 14.9. The van der Waals surface area contributed by atoms with E-state index in [4.69, 9.17) is 0 Å². The maximum atomic E-state index is 12.4. The molecule has 0 bridgehead atoms. The Morgan fingerprint density at radius 1 is 1.12 bits per heavy atom. The first-order valence-corrected chi connectivity index (χ1v) is 8.29. The van der Waals surface area contributed by atoms with E-state index < -0.39 is 24.0 Å². The summed E-state index contributed by atoms with van der Waals surface area (Å²) in [6.45, 7) is 4.84. The van der Waals surface area contributed by atoms with Gasteiger partial charge >= 0.3 is 5.97 Å². The van der Waals surface area contributed by atoms with Crippen molar-refractivity contribution >= 4 is 28.8 Å². The molecule has 2 aromatic rings. The maximum Gasteiger partial charge on any atom is 0.326 e. The number of hydrogen-bond acceptors (Lipinski definition) is 5. The molecule has 0 unspecified atom stereocenters. The van der Waals surface area contributed by atoms with E-state index in [0.717, 1.165) is 0 Å². The minimum Gasteiger partial charge on any atom is -0.480 e. The molecule has 1 heterocycles. The van der Waals surface area contributed by atoms with E-state index in [1.54, 1.807) is 19.9 Å². The lowest BCUT2D eigenvalue weighted by Crippen LogP contribution is -2.53. The summed E-state index contributed by atoms with van der Waals surface area (Å²) in [5.74, 6) is -2.27. The number of carbonyl (C=O) groups excluding carboxylic acids is 2. The molecule has 2 amide bonds. The number of rotatable bonds is 7. The number of nitrogens with zero attached hydrogens (tertiary/aromatic N) is 2. The first-order valence-electron chi connectivity index (χ1n) is 8.29. The van der Waals surface area contributed by atoms with Gasteiger partial charge in [0.15, 0.2) is 0 Å². The molecule has 8 nitrogen and oxygen atoms in total. The first-order chi connectivity index (χ1) is 12.3.